The highest BCUT2D eigenvalue weighted by Gasteiger charge is 2.34. The molecule has 0 saturated carbocycles. The first-order chi connectivity index (χ1) is 14.5. The van der Waals surface area contributed by atoms with Gasteiger partial charge in [-0.15, -0.1) is 22.7 Å². The van der Waals surface area contributed by atoms with Crippen molar-refractivity contribution in [3.8, 4) is 10.6 Å². The Kier molecular flexibility index (Phi) is 5.26. The second-order valence-electron chi connectivity index (χ2n) is 8.02. The number of pyridine rings is 1. The number of nitrogens with one attached hydrogen (secondary N) is 3. The van der Waals surface area contributed by atoms with Gasteiger partial charge in [0.2, 0.25) is 0 Å². The quantitative estimate of drug-likeness (QED) is 0.555. The summed E-state index contributed by atoms with van der Waals surface area (Å²) in [5, 5.41) is 13.8. The lowest BCUT2D eigenvalue weighted by Crippen LogP contribution is -2.48. The molecule has 3 aromatic rings. The minimum Gasteiger partial charge on any atom is -0.349 e. The van der Waals surface area contributed by atoms with Gasteiger partial charge in [0.25, 0.3) is 5.91 Å². The lowest BCUT2D eigenvalue weighted by Gasteiger charge is -2.29. The Morgan fingerprint density at radius 3 is 2.63 bits per heavy atom. The smallest absolute Gasteiger partial charge is 0.253 e. The van der Waals surface area contributed by atoms with Gasteiger partial charge in [-0.2, -0.15) is 0 Å². The van der Waals surface area contributed by atoms with Crippen molar-refractivity contribution in [3.05, 3.63) is 40.0 Å². The van der Waals surface area contributed by atoms with Gasteiger partial charge in [0.05, 0.1) is 26.8 Å². The Balaban J connectivity index is 1.21. The van der Waals surface area contributed by atoms with E-state index in [4.69, 9.17) is 0 Å². The number of anilines is 2. The van der Waals surface area contributed by atoms with Crippen LogP contribution < -0.4 is 16.0 Å². The van der Waals surface area contributed by atoms with Crippen LogP contribution in [0, 0.1) is 13.8 Å². The number of rotatable bonds is 5. The van der Waals surface area contributed by atoms with Crippen LogP contribution in [0.5, 0.6) is 0 Å². The molecule has 0 aromatic carbocycles. The number of piperidine rings is 1. The third-order valence-electron chi connectivity index (χ3n) is 5.71. The molecule has 5 rings (SSSR count). The molecular weight excluding hydrogens is 416 g/mol. The molecule has 1 unspecified atom stereocenters. The number of amides is 1. The lowest BCUT2D eigenvalue weighted by atomic mass is 9.99. The van der Waals surface area contributed by atoms with E-state index in [2.05, 4.69) is 30.9 Å². The predicted octanol–water partition coefficient (Wildman–Crippen LogP) is 4.03. The number of carbonyl (C=O) groups excluding carboxylic acids is 1. The maximum Gasteiger partial charge on any atom is 0.253 e. The molecular formula is C21H24N6OS2. The molecule has 3 aromatic heterocycles. The van der Waals surface area contributed by atoms with Gasteiger partial charge in [-0.25, -0.2) is 15.0 Å². The summed E-state index contributed by atoms with van der Waals surface area (Å²) in [5.74, 6) is 0.623. The van der Waals surface area contributed by atoms with Crippen molar-refractivity contribution in [2.45, 2.75) is 57.7 Å². The SMILES string of the molecule is Cc1nc(C)c(-c2csc(Nc3ccc(C(=O)NC4C[C@H]5CC[C@@H](C4)N5)cn3)n2)s1. The monoisotopic (exact) mass is 440 g/mol. The third kappa shape index (κ3) is 4.10. The van der Waals surface area contributed by atoms with Crippen LogP contribution in [0.4, 0.5) is 10.9 Å². The Labute approximate surface area is 183 Å². The zero-order valence-electron chi connectivity index (χ0n) is 16.9. The van der Waals surface area contributed by atoms with Gasteiger partial charge < -0.3 is 16.0 Å². The maximum atomic E-state index is 12.6. The lowest BCUT2D eigenvalue weighted by molar-refractivity contribution is 0.0923. The second kappa shape index (κ2) is 8.05. The fraction of sp³-hybridized carbons (Fsp3) is 0.429. The van der Waals surface area contributed by atoms with E-state index in [0.717, 1.165) is 39.2 Å². The van der Waals surface area contributed by atoms with E-state index in [1.165, 1.54) is 24.2 Å². The highest BCUT2D eigenvalue weighted by atomic mass is 32.1. The molecule has 7 nitrogen and oxygen atoms in total. The number of aromatic nitrogens is 3. The molecule has 2 aliphatic heterocycles. The number of carbonyl (C=O) groups is 1. The van der Waals surface area contributed by atoms with E-state index in [1.54, 1.807) is 17.5 Å². The number of nitrogens with zero attached hydrogens (tertiary/aromatic N) is 3. The molecule has 5 heterocycles. The van der Waals surface area contributed by atoms with E-state index in [-0.39, 0.29) is 11.9 Å². The number of fused-ring (bicyclic) bond motifs is 2. The van der Waals surface area contributed by atoms with Gasteiger partial charge in [0.1, 0.15) is 5.82 Å². The average molecular weight is 441 g/mol. The summed E-state index contributed by atoms with van der Waals surface area (Å²) in [5.41, 5.74) is 2.52. The molecule has 0 aliphatic carbocycles. The number of hydrogen-bond acceptors (Lipinski definition) is 8. The van der Waals surface area contributed by atoms with Crippen LogP contribution in [0.3, 0.4) is 0 Å². The fourth-order valence-corrected chi connectivity index (χ4v) is 6.02. The number of hydrogen-bond donors (Lipinski definition) is 3. The Morgan fingerprint density at radius 1 is 1.17 bits per heavy atom. The van der Waals surface area contributed by atoms with Crippen LogP contribution in [-0.2, 0) is 0 Å². The largest absolute Gasteiger partial charge is 0.349 e. The van der Waals surface area contributed by atoms with E-state index < -0.39 is 0 Å². The van der Waals surface area contributed by atoms with E-state index in [0.29, 0.717) is 23.5 Å². The molecule has 2 bridgehead atoms. The molecule has 3 atom stereocenters. The topological polar surface area (TPSA) is 91.8 Å². The zero-order valence-corrected chi connectivity index (χ0v) is 18.6. The normalized spacial score (nSPS) is 22.8. The Bertz CT molecular complexity index is 1050. The standard InChI is InChI=1S/C21H24N6OS2/c1-11-19(30-12(2)23-11)17-10-29-21(26-17)27-18-6-3-13(9-22-18)20(28)25-16-7-14-4-5-15(8-16)24-14/h3,6,9-10,14-16,24H,4-5,7-8H2,1-2H3,(H,25,28)(H,22,26,27)/t14-,15+,16?. The fourth-order valence-electron chi connectivity index (χ4n) is 4.36. The zero-order chi connectivity index (χ0) is 20.7. The molecule has 2 saturated heterocycles. The summed E-state index contributed by atoms with van der Waals surface area (Å²) in [6.45, 7) is 4.01. The number of thiazole rings is 2. The first-order valence-corrected chi connectivity index (χ1v) is 11.9. The molecule has 30 heavy (non-hydrogen) atoms. The van der Waals surface area contributed by atoms with Crippen molar-refractivity contribution in [2.75, 3.05) is 5.32 Å². The highest BCUT2D eigenvalue weighted by Crippen LogP contribution is 2.33. The van der Waals surface area contributed by atoms with Crippen LogP contribution >= 0.6 is 22.7 Å². The molecule has 0 spiro atoms. The third-order valence-corrected chi connectivity index (χ3v) is 7.56. The molecule has 2 aliphatic rings. The van der Waals surface area contributed by atoms with Crippen molar-refractivity contribution in [1.82, 2.24) is 25.6 Å². The maximum absolute atomic E-state index is 12.6. The van der Waals surface area contributed by atoms with Gasteiger partial charge in [-0.1, -0.05) is 0 Å². The van der Waals surface area contributed by atoms with Gasteiger partial charge in [-0.05, 0) is 51.7 Å². The van der Waals surface area contributed by atoms with Crippen molar-refractivity contribution in [3.63, 3.8) is 0 Å². The second-order valence-corrected chi connectivity index (χ2v) is 10.1. The summed E-state index contributed by atoms with van der Waals surface area (Å²) in [6, 6.07) is 5.00. The predicted molar refractivity (Wildman–Crippen MR) is 121 cm³/mol. The van der Waals surface area contributed by atoms with Gasteiger partial charge in [0.15, 0.2) is 5.13 Å². The van der Waals surface area contributed by atoms with E-state index in [9.17, 15) is 4.79 Å². The summed E-state index contributed by atoms with van der Waals surface area (Å²) < 4.78 is 0. The molecule has 3 N–H and O–H groups in total. The van der Waals surface area contributed by atoms with Crippen LogP contribution in [-0.4, -0.2) is 39.0 Å². The van der Waals surface area contributed by atoms with Crippen LogP contribution in [0.1, 0.15) is 46.7 Å². The summed E-state index contributed by atoms with van der Waals surface area (Å²) in [6.07, 6.45) is 6.10. The first kappa shape index (κ1) is 19.6. The summed E-state index contributed by atoms with van der Waals surface area (Å²) in [4.78, 5) is 27.2. The van der Waals surface area contributed by atoms with Crippen molar-refractivity contribution >= 4 is 39.5 Å². The van der Waals surface area contributed by atoms with E-state index >= 15 is 0 Å². The molecule has 9 heteroatoms. The average Bonchev–Trinajstić information content (AvgIpc) is 3.41. The summed E-state index contributed by atoms with van der Waals surface area (Å²) in [7, 11) is 0. The van der Waals surface area contributed by atoms with Crippen LogP contribution in [0.15, 0.2) is 23.7 Å². The minimum atomic E-state index is -0.0482. The molecule has 1 amide bonds. The Morgan fingerprint density at radius 2 is 1.97 bits per heavy atom. The Hall–Kier alpha value is -2.36. The van der Waals surface area contributed by atoms with Crippen molar-refractivity contribution in [1.29, 1.82) is 0 Å². The minimum absolute atomic E-state index is 0.0482. The first-order valence-electron chi connectivity index (χ1n) is 10.2. The molecule has 2 fully saturated rings. The van der Waals surface area contributed by atoms with Crippen LogP contribution in [0.2, 0.25) is 0 Å². The van der Waals surface area contributed by atoms with Crippen molar-refractivity contribution < 1.29 is 4.79 Å². The number of aryl methyl sites for hydroxylation is 2. The molecule has 0 radical (unpaired) electrons. The van der Waals surface area contributed by atoms with Crippen molar-refractivity contribution in [2.24, 2.45) is 0 Å². The molecule has 156 valence electrons. The van der Waals surface area contributed by atoms with E-state index in [1.807, 2.05) is 31.4 Å². The summed E-state index contributed by atoms with van der Waals surface area (Å²) >= 11 is 3.18. The van der Waals surface area contributed by atoms with Gasteiger partial charge in [0, 0.05) is 29.7 Å². The van der Waals surface area contributed by atoms with Crippen LogP contribution in [0.25, 0.3) is 10.6 Å². The highest BCUT2D eigenvalue weighted by molar-refractivity contribution is 7.16. The van der Waals surface area contributed by atoms with Gasteiger partial charge >= 0.3 is 0 Å². The van der Waals surface area contributed by atoms with Gasteiger partial charge in [-0.3, -0.25) is 4.79 Å².